The minimum Gasteiger partial charge on any atom is -0.370 e. The second kappa shape index (κ2) is 5.63. The number of pyridine rings is 1. The third-order valence-corrected chi connectivity index (χ3v) is 5.79. The number of aromatic nitrogens is 1. The van der Waals surface area contributed by atoms with Gasteiger partial charge in [0.1, 0.15) is 0 Å². The number of nitrogens with one attached hydrogen (secondary N) is 1. The number of amides is 1. The molecule has 2 aliphatic heterocycles. The lowest BCUT2D eigenvalue weighted by Crippen LogP contribution is -2.35. The SMILES string of the molecule is O=C(NC1CCS(=O)(=O)C1)c1cncc(N2CCCC2)c1. The monoisotopic (exact) mass is 309 g/mol. The Morgan fingerprint density at radius 1 is 1.29 bits per heavy atom. The molecule has 1 atom stereocenters. The normalized spacial score (nSPS) is 24.2. The van der Waals surface area contributed by atoms with Crippen LogP contribution in [0.15, 0.2) is 18.5 Å². The van der Waals surface area contributed by atoms with Crippen molar-refractivity contribution in [3.05, 3.63) is 24.0 Å². The first-order valence-electron chi connectivity index (χ1n) is 7.25. The lowest BCUT2D eigenvalue weighted by atomic mass is 10.2. The minimum absolute atomic E-state index is 0.0397. The van der Waals surface area contributed by atoms with E-state index in [1.54, 1.807) is 6.20 Å². The van der Waals surface area contributed by atoms with E-state index in [1.165, 1.54) is 6.20 Å². The summed E-state index contributed by atoms with van der Waals surface area (Å²) < 4.78 is 22.8. The Bertz CT molecular complexity index is 639. The third-order valence-electron chi connectivity index (χ3n) is 4.02. The van der Waals surface area contributed by atoms with Crippen LogP contribution in [0.25, 0.3) is 0 Å². The van der Waals surface area contributed by atoms with Crippen LogP contribution in [0, 0.1) is 0 Å². The van der Waals surface area contributed by atoms with E-state index >= 15 is 0 Å². The fraction of sp³-hybridized carbons (Fsp3) is 0.571. The zero-order valence-corrected chi connectivity index (χ0v) is 12.6. The smallest absolute Gasteiger partial charge is 0.253 e. The molecular formula is C14H19N3O3S. The van der Waals surface area contributed by atoms with Crippen molar-refractivity contribution in [1.29, 1.82) is 0 Å². The topological polar surface area (TPSA) is 79.4 Å². The van der Waals surface area contributed by atoms with Crippen molar-refractivity contribution in [3.63, 3.8) is 0 Å². The molecule has 2 fully saturated rings. The van der Waals surface area contributed by atoms with Crippen LogP contribution < -0.4 is 10.2 Å². The highest BCUT2D eigenvalue weighted by molar-refractivity contribution is 7.91. The number of anilines is 1. The number of hydrogen-bond acceptors (Lipinski definition) is 5. The summed E-state index contributed by atoms with van der Waals surface area (Å²) in [6, 6.07) is 1.55. The van der Waals surface area contributed by atoms with Gasteiger partial charge in [-0.25, -0.2) is 8.42 Å². The van der Waals surface area contributed by atoms with Crippen molar-refractivity contribution in [2.45, 2.75) is 25.3 Å². The van der Waals surface area contributed by atoms with Crippen LogP contribution in [-0.4, -0.2) is 49.9 Å². The molecule has 114 valence electrons. The van der Waals surface area contributed by atoms with Gasteiger partial charge in [-0.1, -0.05) is 0 Å². The summed E-state index contributed by atoms with van der Waals surface area (Å²) in [5.41, 5.74) is 1.45. The molecule has 0 spiro atoms. The average Bonchev–Trinajstić information content (AvgIpc) is 3.09. The van der Waals surface area contributed by atoms with Gasteiger partial charge < -0.3 is 10.2 Å². The Balaban J connectivity index is 1.68. The van der Waals surface area contributed by atoms with E-state index in [2.05, 4.69) is 15.2 Å². The van der Waals surface area contributed by atoms with E-state index < -0.39 is 9.84 Å². The molecule has 3 rings (SSSR count). The fourth-order valence-corrected chi connectivity index (χ4v) is 4.55. The Kier molecular flexibility index (Phi) is 3.84. The number of carbonyl (C=O) groups excluding carboxylic acids is 1. The molecule has 2 saturated heterocycles. The predicted molar refractivity (Wildman–Crippen MR) is 80.2 cm³/mol. The highest BCUT2D eigenvalue weighted by atomic mass is 32.2. The summed E-state index contributed by atoms with van der Waals surface area (Å²) in [6.07, 6.45) is 6.11. The molecule has 0 aliphatic carbocycles. The molecule has 0 aromatic carbocycles. The van der Waals surface area contributed by atoms with Crippen LogP contribution in [-0.2, 0) is 9.84 Å². The molecule has 1 N–H and O–H groups in total. The quantitative estimate of drug-likeness (QED) is 0.884. The van der Waals surface area contributed by atoms with Gasteiger partial charge in [0.15, 0.2) is 9.84 Å². The maximum absolute atomic E-state index is 12.2. The van der Waals surface area contributed by atoms with E-state index in [0.29, 0.717) is 12.0 Å². The van der Waals surface area contributed by atoms with Crippen molar-refractivity contribution >= 4 is 21.4 Å². The zero-order chi connectivity index (χ0) is 14.9. The van der Waals surface area contributed by atoms with Gasteiger partial charge in [0, 0.05) is 25.3 Å². The molecule has 0 saturated carbocycles. The van der Waals surface area contributed by atoms with E-state index in [0.717, 1.165) is 31.6 Å². The number of hydrogen-bond donors (Lipinski definition) is 1. The van der Waals surface area contributed by atoms with Gasteiger partial charge in [-0.3, -0.25) is 9.78 Å². The number of rotatable bonds is 3. The Hall–Kier alpha value is -1.63. The highest BCUT2D eigenvalue weighted by Gasteiger charge is 2.29. The summed E-state index contributed by atoms with van der Waals surface area (Å²) in [7, 11) is -2.98. The van der Waals surface area contributed by atoms with E-state index in [9.17, 15) is 13.2 Å². The molecule has 2 aliphatic rings. The Morgan fingerprint density at radius 2 is 2.05 bits per heavy atom. The molecule has 21 heavy (non-hydrogen) atoms. The van der Waals surface area contributed by atoms with E-state index in [4.69, 9.17) is 0 Å². The molecule has 1 aromatic rings. The van der Waals surface area contributed by atoms with Crippen LogP contribution >= 0.6 is 0 Å². The first-order valence-corrected chi connectivity index (χ1v) is 9.07. The lowest BCUT2D eigenvalue weighted by molar-refractivity contribution is 0.0941. The molecule has 0 bridgehead atoms. The zero-order valence-electron chi connectivity index (χ0n) is 11.8. The van der Waals surface area contributed by atoms with Gasteiger partial charge in [-0.05, 0) is 25.3 Å². The Labute approximate surface area is 124 Å². The highest BCUT2D eigenvalue weighted by Crippen LogP contribution is 2.20. The Morgan fingerprint density at radius 3 is 2.71 bits per heavy atom. The van der Waals surface area contributed by atoms with Crippen LogP contribution in [0.1, 0.15) is 29.6 Å². The summed E-state index contributed by atoms with van der Waals surface area (Å²) in [5.74, 6) is -0.0483. The largest absolute Gasteiger partial charge is 0.370 e. The molecule has 7 heteroatoms. The molecule has 1 aromatic heterocycles. The molecule has 1 unspecified atom stereocenters. The fourth-order valence-electron chi connectivity index (χ4n) is 2.88. The van der Waals surface area contributed by atoms with Gasteiger partial charge in [-0.15, -0.1) is 0 Å². The third kappa shape index (κ3) is 3.34. The van der Waals surface area contributed by atoms with Crippen LogP contribution in [0.5, 0.6) is 0 Å². The summed E-state index contributed by atoms with van der Waals surface area (Å²) in [5, 5.41) is 2.79. The maximum Gasteiger partial charge on any atom is 0.253 e. The minimum atomic E-state index is -2.98. The van der Waals surface area contributed by atoms with Crippen molar-refractivity contribution in [2.24, 2.45) is 0 Å². The van der Waals surface area contributed by atoms with Gasteiger partial charge in [0.05, 0.1) is 29.0 Å². The second-order valence-electron chi connectivity index (χ2n) is 5.70. The van der Waals surface area contributed by atoms with Crippen molar-refractivity contribution < 1.29 is 13.2 Å². The van der Waals surface area contributed by atoms with Crippen molar-refractivity contribution in [2.75, 3.05) is 29.5 Å². The van der Waals surface area contributed by atoms with Crippen LogP contribution in [0.4, 0.5) is 5.69 Å². The summed E-state index contributed by atoms with van der Waals surface area (Å²) in [4.78, 5) is 18.6. The lowest BCUT2D eigenvalue weighted by Gasteiger charge is -2.18. The van der Waals surface area contributed by atoms with Crippen LogP contribution in [0.2, 0.25) is 0 Å². The average molecular weight is 309 g/mol. The van der Waals surface area contributed by atoms with Gasteiger partial charge in [0.2, 0.25) is 0 Å². The standard InChI is InChI=1S/C14H19N3O3S/c18-14(16-12-3-6-21(19,20)10-12)11-7-13(9-15-8-11)17-4-1-2-5-17/h7-9,12H,1-6,10H2,(H,16,18). The van der Waals surface area contributed by atoms with E-state index in [1.807, 2.05) is 6.07 Å². The first kappa shape index (κ1) is 14.3. The molecule has 3 heterocycles. The van der Waals surface area contributed by atoms with Gasteiger partial charge in [-0.2, -0.15) is 0 Å². The van der Waals surface area contributed by atoms with Gasteiger partial charge in [0.25, 0.3) is 5.91 Å². The number of carbonyl (C=O) groups is 1. The molecule has 0 radical (unpaired) electrons. The summed E-state index contributed by atoms with van der Waals surface area (Å²) in [6.45, 7) is 1.99. The first-order chi connectivity index (χ1) is 10.0. The van der Waals surface area contributed by atoms with E-state index in [-0.39, 0.29) is 23.5 Å². The number of sulfone groups is 1. The predicted octanol–water partition coefficient (Wildman–Crippen LogP) is 0.599. The second-order valence-corrected chi connectivity index (χ2v) is 7.93. The molecule has 1 amide bonds. The van der Waals surface area contributed by atoms with Crippen molar-refractivity contribution in [1.82, 2.24) is 10.3 Å². The molecular weight excluding hydrogens is 290 g/mol. The van der Waals surface area contributed by atoms with Crippen molar-refractivity contribution in [3.8, 4) is 0 Å². The summed E-state index contributed by atoms with van der Waals surface area (Å²) >= 11 is 0. The maximum atomic E-state index is 12.2. The van der Waals surface area contributed by atoms with Gasteiger partial charge >= 0.3 is 0 Å². The number of nitrogens with zero attached hydrogens (tertiary/aromatic N) is 2. The van der Waals surface area contributed by atoms with Crippen LogP contribution in [0.3, 0.4) is 0 Å². The molecule has 6 nitrogen and oxygen atoms in total.